The third-order valence-corrected chi connectivity index (χ3v) is 4.35. The summed E-state index contributed by atoms with van der Waals surface area (Å²) in [5.74, 6) is 0. The number of aromatic amines is 1. The Bertz CT molecular complexity index is 900. The zero-order chi connectivity index (χ0) is 19.9. The van der Waals surface area contributed by atoms with Crippen molar-refractivity contribution in [3.63, 3.8) is 0 Å². The van der Waals surface area contributed by atoms with Crippen molar-refractivity contribution in [2.24, 2.45) is 0 Å². The summed E-state index contributed by atoms with van der Waals surface area (Å²) in [6.07, 6.45) is 0.533. The molecule has 1 aromatic heterocycles. The SMILES string of the molecule is COC(=O)N(OC)c1ccccc1C(OCc1ccn[nH]1)c1ccc(Cl)cc1. The molecule has 0 aliphatic rings. The molecule has 146 valence electrons. The number of nitrogens with one attached hydrogen (secondary N) is 1. The Hall–Kier alpha value is -2.87. The first kappa shape index (κ1) is 19.9. The van der Waals surface area contributed by atoms with Crippen LogP contribution in [0, 0.1) is 0 Å². The van der Waals surface area contributed by atoms with Gasteiger partial charge >= 0.3 is 6.09 Å². The van der Waals surface area contributed by atoms with Crippen molar-refractivity contribution in [3.8, 4) is 0 Å². The van der Waals surface area contributed by atoms with E-state index in [-0.39, 0.29) is 0 Å². The molecule has 1 unspecified atom stereocenters. The molecule has 1 amide bonds. The monoisotopic (exact) mass is 401 g/mol. The lowest BCUT2D eigenvalue weighted by Gasteiger charge is -2.26. The van der Waals surface area contributed by atoms with E-state index in [1.54, 1.807) is 24.4 Å². The van der Waals surface area contributed by atoms with Gasteiger partial charge in [0.05, 0.1) is 32.2 Å². The van der Waals surface area contributed by atoms with Crippen molar-refractivity contribution in [2.45, 2.75) is 12.7 Å². The van der Waals surface area contributed by atoms with E-state index in [2.05, 4.69) is 10.2 Å². The lowest BCUT2D eigenvalue weighted by Crippen LogP contribution is -2.31. The van der Waals surface area contributed by atoms with Gasteiger partial charge in [0.15, 0.2) is 0 Å². The second-order valence-electron chi connectivity index (χ2n) is 5.83. The number of carbonyl (C=O) groups is 1. The minimum absolute atomic E-state index is 0.298. The van der Waals surface area contributed by atoms with Crippen molar-refractivity contribution < 1.29 is 19.1 Å². The van der Waals surface area contributed by atoms with Crippen LogP contribution in [0.4, 0.5) is 10.5 Å². The number of para-hydroxylation sites is 1. The van der Waals surface area contributed by atoms with E-state index in [9.17, 15) is 4.79 Å². The molecule has 3 rings (SSSR count). The molecular formula is C20H20ClN3O4. The number of benzene rings is 2. The van der Waals surface area contributed by atoms with Crippen LogP contribution in [0.15, 0.2) is 60.8 Å². The van der Waals surface area contributed by atoms with E-state index in [0.29, 0.717) is 17.3 Å². The second-order valence-corrected chi connectivity index (χ2v) is 6.27. The molecular weight excluding hydrogens is 382 g/mol. The van der Waals surface area contributed by atoms with Gasteiger partial charge in [0, 0.05) is 16.8 Å². The number of methoxy groups -OCH3 is 1. The molecule has 0 fully saturated rings. The molecule has 2 aromatic carbocycles. The van der Waals surface area contributed by atoms with Gasteiger partial charge in [-0.05, 0) is 29.8 Å². The molecule has 1 N–H and O–H groups in total. The van der Waals surface area contributed by atoms with Crippen molar-refractivity contribution in [3.05, 3.63) is 82.6 Å². The minimum Gasteiger partial charge on any atom is -0.451 e. The molecule has 0 aliphatic heterocycles. The number of halogens is 1. The van der Waals surface area contributed by atoms with E-state index in [4.69, 9.17) is 25.9 Å². The highest BCUT2D eigenvalue weighted by Crippen LogP contribution is 2.35. The summed E-state index contributed by atoms with van der Waals surface area (Å²) in [6, 6.07) is 16.5. The van der Waals surface area contributed by atoms with Gasteiger partial charge < -0.3 is 9.47 Å². The van der Waals surface area contributed by atoms with Gasteiger partial charge in [0.25, 0.3) is 0 Å². The van der Waals surface area contributed by atoms with E-state index in [1.807, 2.05) is 36.4 Å². The Morgan fingerprint density at radius 3 is 2.54 bits per heavy atom. The molecule has 7 nitrogen and oxygen atoms in total. The first-order valence-electron chi connectivity index (χ1n) is 8.50. The molecule has 0 saturated heterocycles. The fourth-order valence-corrected chi connectivity index (χ4v) is 2.92. The number of H-pyrrole nitrogens is 1. The number of ether oxygens (including phenoxy) is 2. The fraction of sp³-hybridized carbons (Fsp3) is 0.200. The molecule has 0 aliphatic carbocycles. The van der Waals surface area contributed by atoms with E-state index in [0.717, 1.165) is 21.9 Å². The molecule has 0 radical (unpaired) electrons. The maximum absolute atomic E-state index is 12.2. The molecule has 1 atom stereocenters. The third-order valence-electron chi connectivity index (χ3n) is 4.10. The quantitative estimate of drug-likeness (QED) is 0.589. The number of rotatable bonds is 7. The van der Waals surface area contributed by atoms with Crippen LogP contribution in [-0.2, 0) is 20.9 Å². The predicted octanol–water partition coefficient (Wildman–Crippen LogP) is 4.50. The van der Waals surface area contributed by atoms with Gasteiger partial charge in [-0.15, -0.1) is 0 Å². The molecule has 3 aromatic rings. The summed E-state index contributed by atoms with van der Waals surface area (Å²) >= 11 is 6.04. The number of carbonyl (C=O) groups excluding carboxylic acids is 1. The average Bonchev–Trinajstić information content (AvgIpc) is 3.24. The van der Waals surface area contributed by atoms with Crippen LogP contribution in [0.5, 0.6) is 0 Å². The van der Waals surface area contributed by atoms with Crippen molar-refractivity contribution >= 4 is 23.4 Å². The summed E-state index contributed by atoms with van der Waals surface area (Å²) in [5.41, 5.74) is 2.95. The number of anilines is 1. The third kappa shape index (κ3) is 4.51. The lowest BCUT2D eigenvalue weighted by atomic mass is 9.99. The van der Waals surface area contributed by atoms with E-state index in [1.165, 1.54) is 14.2 Å². The summed E-state index contributed by atoms with van der Waals surface area (Å²) in [4.78, 5) is 17.4. The first-order valence-corrected chi connectivity index (χ1v) is 8.88. The zero-order valence-corrected chi connectivity index (χ0v) is 16.2. The molecule has 28 heavy (non-hydrogen) atoms. The van der Waals surface area contributed by atoms with E-state index >= 15 is 0 Å². The number of aromatic nitrogens is 2. The first-order chi connectivity index (χ1) is 13.6. The van der Waals surface area contributed by atoms with Gasteiger partial charge in [-0.1, -0.05) is 41.9 Å². The summed E-state index contributed by atoms with van der Waals surface area (Å²) in [7, 11) is 2.69. The Morgan fingerprint density at radius 2 is 1.89 bits per heavy atom. The average molecular weight is 402 g/mol. The van der Waals surface area contributed by atoms with Crippen LogP contribution in [-0.4, -0.2) is 30.5 Å². The number of nitrogens with zero attached hydrogens (tertiary/aromatic N) is 2. The van der Waals surface area contributed by atoms with Gasteiger partial charge in [0.2, 0.25) is 0 Å². The molecule has 0 bridgehead atoms. The maximum Gasteiger partial charge on any atom is 0.438 e. The Morgan fingerprint density at radius 1 is 1.14 bits per heavy atom. The normalized spacial score (nSPS) is 11.8. The van der Waals surface area contributed by atoms with Crippen LogP contribution >= 0.6 is 11.6 Å². The number of amides is 1. The molecule has 0 spiro atoms. The van der Waals surface area contributed by atoms with Crippen LogP contribution in [0.25, 0.3) is 0 Å². The number of hydrogen-bond donors (Lipinski definition) is 1. The highest BCUT2D eigenvalue weighted by atomic mass is 35.5. The van der Waals surface area contributed by atoms with Crippen molar-refractivity contribution in [2.75, 3.05) is 19.3 Å². The highest BCUT2D eigenvalue weighted by molar-refractivity contribution is 6.30. The number of hydroxylamine groups is 1. The highest BCUT2D eigenvalue weighted by Gasteiger charge is 2.25. The Balaban J connectivity index is 2.02. The Labute approximate surface area is 167 Å². The summed E-state index contributed by atoms with van der Waals surface area (Å²) < 4.78 is 11.0. The minimum atomic E-state index is -0.640. The maximum atomic E-state index is 12.2. The summed E-state index contributed by atoms with van der Waals surface area (Å²) in [6.45, 7) is 0.298. The van der Waals surface area contributed by atoms with Crippen LogP contribution in [0.3, 0.4) is 0 Å². The fourth-order valence-electron chi connectivity index (χ4n) is 2.79. The number of hydrogen-bond acceptors (Lipinski definition) is 5. The Kier molecular flexibility index (Phi) is 6.65. The van der Waals surface area contributed by atoms with Crippen LogP contribution in [0.1, 0.15) is 22.9 Å². The van der Waals surface area contributed by atoms with Crippen LogP contribution in [0.2, 0.25) is 5.02 Å². The molecule has 8 heteroatoms. The zero-order valence-electron chi connectivity index (χ0n) is 15.5. The van der Waals surface area contributed by atoms with Gasteiger partial charge in [-0.25, -0.2) is 4.79 Å². The van der Waals surface area contributed by atoms with Crippen molar-refractivity contribution in [1.82, 2.24) is 10.2 Å². The predicted molar refractivity (Wildman–Crippen MR) is 105 cm³/mol. The molecule has 1 heterocycles. The lowest BCUT2D eigenvalue weighted by molar-refractivity contribution is 0.0632. The molecule has 0 saturated carbocycles. The van der Waals surface area contributed by atoms with Gasteiger partial charge in [-0.2, -0.15) is 10.2 Å². The van der Waals surface area contributed by atoms with Crippen LogP contribution < -0.4 is 5.06 Å². The van der Waals surface area contributed by atoms with E-state index < -0.39 is 12.2 Å². The largest absolute Gasteiger partial charge is 0.451 e. The summed E-state index contributed by atoms with van der Waals surface area (Å²) in [5, 5.41) is 8.52. The topological polar surface area (TPSA) is 76.7 Å². The van der Waals surface area contributed by atoms with Gasteiger partial charge in [-0.3, -0.25) is 9.94 Å². The smallest absolute Gasteiger partial charge is 0.438 e. The van der Waals surface area contributed by atoms with Crippen molar-refractivity contribution in [1.29, 1.82) is 0 Å². The van der Waals surface area contributed by atoms with Gasteiger partial charge in [0.1, 0.15) is 6.10 Å². The second kappa shape index (κ2) is 9.36. The standard InChI is InChI=1S/C20H20ClN3O4/c1-26-20(25)24(27-2)18-6-4-3-5-17(18)19(14-7-9-15(21)10-8-14)28-13-16-11-12-22-23-16/h3-12,19H,13H2,1-2H3,(H,22,23).